The van der Waals surface area contributed by atoms with Gasteiger partial charge in [-0.3, -0.25) is 14.4 Å². The van der Waals surface area contributed by atoms with Crippen molar-refractivity contribution < 1.29 is 13.9 Å². The Hall–Kier alpha value is -3.06. The summed E-state index contributed by atoms with van der Waals surface area (Å²) in [6.45, 7) is 4.96. The largest absolute Gasteiger partial charge is 0.490 e. The Morgan fingerprint density at radius 2 is 1.97 bits per heavy atom. The van der Waals surface area contributed by atoms with Crippen LogP contribution in [0.1, 0.15) is 40.2 Å². The maximum Gasteiger partial charge on any atom is 0.272 e. The highest BCUT2D eigenvalue weighted by atomic mass is 16.5. The Labute approximate surface area is 183 Å². The first-order chi connectivity index (χ1) is 15.0. The average Bonchev–Trinajstić information content (AvgIpc) is 3.37. The summed E-state index contributed by atoms with van der Waals surface area (Å²) < 4.78 is 13.1. The van der Waals surface area contributed by atoms with Crippen molar-refractivity contribution in [2.45, 2.75) is 39.0 Å². The van der Waals surface area contributed by atoms with Crippen LogP contribution in [-0.2, 0) is 20.1 Å². The molecule has 0 atom stereocenters. The van der Waals surface area contributed by atoms with Gasteiger partial charge in [0.1, 0.15) is 17.5 Å². The van der Waals surface area contributed by atoms with Crippen LogP contribution in [0.15, 0.2) is 53.3 Å². The molecule has 1 aliphatic rings. The number of nitrogens with zero attached hydrogens (tertiary/aromatic N) is 4. The van der Waals surface area contributed by atoms with Crippen LogP contribution in [0.5, 0.6) is 5.75 Å². The van der Waals surface area contributed by atoms with Crippen molar-refractivity contribution in [3.05, 3.63) is 71.4 Å². The van der Waals surface area contributed by atoms with Crippen LogP contribution in [-0.4, -0.2) is 51.7 Å². The highest BCUT2D eigenvalue weighted by Gasteiger charge is 2.26. The number of aryl methyl sites for hydroxylation is 2. The van der Waals surface area contributed by atoms with Gasteiger partial charge in [0.15, 0.2) is 0 Å². The number of furan rings is 1. The fourth-order valence-corrected chi connectivity index (χ4v) is 4.12. The van der Waals surface area contributed by atoms with E-state index in [1.807, 2.05) is 43.1 Å². The zero-order valence-electron chi connectivity index (χ0n) is 18.5. The second-order valence-electron chi connectivity index (χ2n) is 8.36. The number of carbonyl (C=O) groups is 1. The number of benzene rings is 1. The fourth-order valence-electron chi connectivity index (χ4n) is 4.12. The highest BCUT2D eigenvalue weighted by molar-refractivity contribution is 5.92. The molecule has 2 aromatic heterocycles. The van der Waals surface area contributed by atoms with Crippen LogP contribution in [0, 0.1) is 6.92 Å². The average molecular weight is 423 g/mol. The van der Waals surface area contributed by atoms with Crippen LogP contribution in [0.3, 0.4) is 0 Å². The van der Waals surface area contributed by atoms with Crippen molar-refractivity contribution in [1.29, 1.82) is 0 Å². The predicted molar refractivity (Wildman–Crippen MR) is 118 cm³/mol. The van der Waals surface area contributed by atoms with E-state index in [1.165, 1.54) is 5.56 Å². The molecule has 3 aromatic rings. The lowest BCUT2D eigenvalue weighted by molar-refractivity contribution is 0.0585. The summed E-state index contributed by atoms with van der Waals surface area (Å²) in [5, 5.41) is 4.28. The number of piperidine rings is 1. The lowest BCUT2D eigenvalue weighted by Crippen LogP contribution is -2.42. The summed E-state index contributed by atoms with van der Waals surface area (Å²) in [6.07, 6.45) is 5.26. The second kappa shape index (κ2) is 9.39. The maximum atomic E-state index is 12.8. The van der Waals surface area contributed by atoms with Gasteiger partial charge in [0, 0.05) is 51.6 Å². The molecule has 0 aliphatic carbocycles. The number of amides is 1. The number of carbonyl (C=O) groups excluding carboxylic acids is 1. The Morgan fingerprint density at radius 1 is 1.19 bits per heavy atom. The monoisotopic (exact) mass is 422 g/mol. The Morgan fingerprint density at radius 3 is 2.65 bits per heavy atom. The molecule has 0 saturated carbocycles. The van der Waals surface area contributed by atoms with Gasteiger partial charge in [0.05, 0.1) is 18.2 Å². The third-order valence-corrected chi connectivity index (χ3v) is 5.64. The predicted octanol–water partition coefficient (Wildman–Crippen LogP) is 3.64. The molecule has 0 bridgehead atoms. The highest BCUT2D eigenvalue weighted by Crippen LogP contribution is 2.22. The molecular formula is C24H30N4O3. The van der Waals surface area contributed by atoms with E-state index in [0.717, 1.165) is 42.9 Å². The molecule has 0 radical (unpaired) electrons. The number of hydrogen-bond donors (Lipinski definition) is 0. The third kappa shape index (κ3) is 5.35. The molecule has 3 heterocycles. The Bertz CT molecular complexity index is 1000. The van der Waals surface area contributed by atoms with Crippen molar-refractivity contribution in [3.8, 4) is 5.75 Å². The fraction of sp³-hybridized carbons (Fsp3) is 0.417. The molecule has 0 unspecified atom stereocenters. The molecule has 1 aromatic carbocycles. The number of likely N-dealkylation sites (tertiary alicyclic amines) is 1. The molecule has 1 amide bonds. The molecule has 1 saturated heterocycles. The summed E-state index contributed by atoms with van der Waals surface area (Å²) in [7, 11) is 3.91. The van der Waals surface area contributed by atoms with Gasteiger partial charge in [0.2, 0.25) is 0 Å². The summed E-state index contributed by atoms with van der Waals surface area (Å²) in [6, 6.07) is 12.1. The number of rotatable bonds is 7. The van der Waals surface area contributed by atoms with Crippen LogP contribution < -0.4 is 4.74 Å². The molecular weight excluding hydrogens is 392 g/mol. The van der Waals surface area contributed by atoms with Gasteiger partial charge in [-0.2, -0.15) is 5.10 Å². The van der Waals surface area contributed by atoms with Gasteiger partial charge in [-0.15, -0.1) is 0 Å². The zero-order chi connectivity index (χ0) is 21.8. The van der Waals surface area contributed by atoms with Gasteiger partial charge in [-0.1, -0.05) is 12.1 Å². The van der Waals surface area contributed by atoms with E-state index >= 15 is 0 Å². The van der Waals surface area contributed by atoms with Crippen LogP contribution in [0.4, 0.5) is 0 Å². The minimum absolute atomic E-state index is 0.0456. The number of hydrogen-bond acceptors (Lipinski definition) is 5. The molecule has 164 valence electrons. The lowest BCUT2D eigenvalue weighted by atomic mass is 10.1. The van der Waals surface area contributed by atoms with Crippen molar-refractivity contribution in [3.63, 3.8) is 0 Å². The van der Waals surface area contributed by atoms with Crippen LogP contribution >= 0.6 is 0 Å². The van der Waals surface area contributed by atoms with Crippen molar-refractivity contribution in [2.75, 3.05) is 20.1 Å². The van der Waals surface area contributed by atoms with E-state index in [9.17, 15) is 4.79 Å². The van der Waals surface area contributed by atoms with Gasteiger partial charge >= 0.3 is 0 Å². The molecule has 4 rings (SSSR count). The van der Waals surface area contributed by atoms with Crippen LogP contribution in [0.2, 0.25) is 0 Å². The minimum atomic E-state index is 0.0456. The molecule has 31 heavy (non-hydrogen) atoms. The Kier molecular flexibility index (Phi) is 6.42. The molecule has 0 spiro atoms. The molecule has 7 heteroatoms. The normalized spacial score (nSPS) is 14.9. The third-order valence-electron chi connectivity index (χ3n) is 5.64. The number of ether oxygens (including phenoxy) is 1. The quantitative estimate of drug-likeness (QED) is 0.582. The van der Waals surface area contributed by atoms with Crippen molar-refractivity contribution in [1.82, 2.24) is 19.6 Å². The van der Waals surface area contributed by atoms with Gasteiger partial charge in [0.25, 0.3) is 5.91 Å². The van der Waals surface area contributed by atoms with E-state index in [-0.39, 0.29) is 12.0 Å². The number of aromatic nitrogens is 2. The Balaban J connectivity index is 1.29. The SMILES string of the molecule is Cc1cc(C(=O)N2CCC(Oc3cccc(CN(C)Cc4ccoc4)c3)CC2)n(C)n1. The summed E-state index contributed by atoms with van der Waals surface area (Å²) in [5.41, 5.74) is 3.88. The zero-order valence-corrected chi connectivity index (χ0v) is 18.5. The van der Waals surface area contributed by atoms with Gasteiger partial charge in [-0.05, 0) is 43.8 Å². The van der Waals surface area contributed by atoms with Crippen molar-refractivity contribution in [2.24, 2.45) is 7.05 Å². The standard InChI is InChI=1S/C24H30N4O3/c1-18-13-23(27(3)25-18)24(29)28-10-7-21(8-11-28)31-22-6-4-5-19(14-22)15-26(2)16-20-9-12-30-17-20/h4-6,9,12-14,17,21H,7-8,10-11,15-16H2,1-3H3. The second-order valence-corrected chi connectivity index (χ2v) is 8.36. The first-order valence-corrected chi connectivity index (χ1v) is 10.7. The van der Waals surface area contributed by atoms with E-state index < -0.39 is 0 Å². The van der Waals surface area contributed by atoms with Crippen LogP contribution in [0.25, 0.3) is 0 Å². The summed E-state index contributed by atoms with van der Waals surface area (Å²) >= 11 is 0. The smallest absolute Gasteiger partial charge is 0.272 e. The molecule has 0 N–H and O–H groups in total. The van der Waals surface area contributed by atoms with E-state index in [0.29, 0.717) is 18.8 Å². The van der Waals surface area contributed by atoms with E-state index in [1.54, 1.807) is 17.2 Å². The maximum absolute atomic E-state index is 12.8. The molecule has 1 aliphatic heterocycles. The van der Waals surface area contributed by atoms with E-state index in [4.69, 9.17) is 9.15 Å². The summed E-state index contributed by atoms with van der Waals surface area (Å²) in [4.78, 5) is 16.9. The summed E-state index contributed by atoms with van der Waals surface area (Å²) in [5.74, 6) is 0.936. The van der Waals surface area contributed by atoms with Gasteiger partial charge in [-0.25, -0.2) is 0 Å². The molecule has 7 nitrogen and oxygen atoms in total. The van der Waals surface area contributed by atoms with E-state index in [2.05, 4.69) is 29.2 Å². The first kappa shape index (κ1) is 21.2. The topological polar surface area (TPSA) is 63.7 Å². The lowest BCUT2D eigenvalue weighted by Gasteiger charge is -2.32. The minimum Gasteiger partial charge on any atom is -0.490 e. The first-order valence-electron chi connectivity index (χ1n) is 10.7. The van der Waals surface area contributed by atoms with Crippen molar-refractivity contribution >= 4 is 5.91 Å². The molecule has 1 fully saturated rings. The van der Waals surface area contributed by atoms with Gasteiger partial charge < -0.3 is 14.1 Å².